The Morgan fingerprint density at radius 2 is 1.93 bits per heavy atom. The Morgan fingerprint density at radius 3 is 2.57 bits per heavy atom. The summed E-state index contributed by atoms with van der Waals surface area (Å²) in [6.45, 7) is 9.67. The van der Waals surface area contributed by atoms with Gasteiger partial charge in [0.1, 0.15) is 5.82 Å². The van der Waals surface area contributed by atoms with Gasteiger partial charge in [-0.3, -0.25) is 0 Å². The molecule has 2 aliphatic carbocycles. The van der Waals surface area contributed by atoms with Crippen LogP contribution in [-0.2, 0) is 18.4 Å². The topological polar surface area (TPSA) is 58.3 Å². The van der Waals surface area contributed by atoms with E-state index in [0.717, 1.165) is 37.1 Å². The number of aromatic nitrogens is 2. The highest BCUT2D eigenvalue weighted by Crippen LogP contribution is 2.52. The highest BCUT2D eigenvalue weighted by atomic mass is 16.3. The molecule has 152 valence electrons. The average Bonchev–Trinajstić information content (AvgIpc) is 3.05. The molecular weight excluding hydrogens is 348 g/mol. The molecule has 1 aromatic heterocycles. The Bertz CT molecular complexity index is 839. The molecule has 1 saturated carbocycles. The van der Waals surface area contributed by atoms with Crippen LogP contribution in [0.2, 0.25) is 0 Å². The van der Waals surface area contributed by atoms with E-state index in [9.17, 15) is 10.2 Å². The molecule has 2 N–H and O–H groups in total. The van der Waals surface area contributed by atoms with Crippen molar-refractivity contribution in [2.45, 2.75) is 77.4 Å². The van der Waals surface area contributed by atoms with Crippen molar-refractivity contribution in [2.24, 2.45) is 11.8 Å². The first-order valence-corrected chi connectivity index (χ1v) is 10.9. The van der Waals surface area contributed by atoms with Gasteiger partial charge in [-0.1, -0.05) is 52.0 Å². The fourth-order valence-corrected chi connectivity index (χ4v) is 5.69. The second-order valence-corrected chi connectivity index (χ2v) is 9.41. The molecule has 0 bridgehead atoms. The average molecular weight is 383 g/mol. The number of fused-ring (bicyclic) bond motifs is 3. The van der Waals surface area contributed by atoms with E-state index in [1.54, 1.807) is 0 Å². The standard InChI is InChI=1S/C24H34N2O2/c1-15(2)17-5-7-18(8-6-17)23-25-22-20(26(23)13-14-27)10-9-19-16(3)21(28)11-12-24(19,22)4/h5-8,15-16,19,21,27-28H,9-14H2,1-4H3/t16-,19-,21?,24-/m1/s1. The smallest absolute Gasteiger partial charge is 0.140 e. The zero-order chi connectivity index (χ0) is 20.1. The summed E-state index contributed by atoms with van der Waals surface area (Å²) < 4.78 is 2.25. The van der Waals surface area contributed by atoms with Crippen LogP contribution >= 0.6 is 0 Å². The summed E-state index contributed by atoms with van der Waals surface area (Å²) in [6, 6.07) is 8.73. The summed E-state index contributed by atoms with van der Waals surface area (Å²) in [5.41, 5.74) is 4.96. The Kier molecular flexibility index (Phi) is 5.13. The summed E-state index contributed by atoms with van der Waals surface area (Å²) >= 11 is 0. The summed E-state index contributed by atoms with van der Waals surface area (Å²) in [5, 5.41) is 20.1. The summed E-state index contributed by atoms with van der Waals surface area (Å²) in [5.74, 6) is 2.27. The lowest BCUT2D eigenvalue weighted by atomic mass is 9.56. The van der Waals surface area contributed by atoms with Gasteiger partial charge < -0.3 is 14.8 Å². The van der Waals surface area contributed by atoms with Crippen LogP contribution in [0, 0.1) is 11.8 Å². The van der Waals surface area contributed by atoms with Crippen molar-refractivity contribution in [2.75, 3.05) is 6.61 Å². The zero-order valence-electron chi connectivity index (χ0n) is 17.7. The Labute approximate surface area is 168 Å². The normalized spacial score (nSPS) is 29.6. The van der Waals surface area contributed by atoms with Gasteiger partial charge in [-0.15, -0.1) is 0 Å². The van der Waals surface area contributed by atoms with Crippen LogP contribution in [0.5, 0.6) is 0 Å². The van der Waals surface area contributed by atoms with Crippen LogP contribution in [0.1, 0.15) is 69.8 Å². The second kappa shape index (κ2) is 7.31. The third-order valence-corrected chi connectivity index (χ3v) is 7.48. The van der Waals surface area contributed by atoms with Crippen LogP contribution in [0.25, 0.3) is 11.4 Å². The molecule has 4 heteroatoms. The van der Waals surface area contributed by atoms with Crippen molar-refractivity contribution in [1.82, 2.24) is 9.55 Å². The zero-order valence-corrected chi connectivity index (χ0v) is 17.7. The maximum atomic E-state index is 10.4. The number of benzene rings is 1. The van der Waals surface area contributed by atoms with Gasteiger partial charge in [0.2, 0.25) is 0 Å². The number of hydrogen-bond donors (Lipinski definition) is 2. The van der Waals surface area contributed by atoms with Crippen molar-refractivity contribution in [3.8, 4) is 11.4 Å². The molecular formula is C24H34N2O2. The van der Waals surface area contributed by atoms with Crippen molar-refractivity contribution in [3.63, 3.8) is 0 Å². The molecule has 4 atom stereocenters. The quantitative estimate of drug-likeness (QED) is 0.830. The van der Waals surface area contributed by atoms with E-state index >= 15 is 0 Å². The largest absolute Gasteiger partial charge is 0.395 e. The van der Waals surface area contributed by atoms with E-state index in [-0.39, 0.29) is 18.1 Å². The van der Waals surface area contributed by atoms with Gasteiger partial charge in [-0.05, 0) is 49.0 Å². The molecule has 2 aliphatic rings. The molecule has 1 aromatic carbocycles. The predicted octanol–water partition coefficient (Wildman–Crippen LogP) is 4.28. The lowest BCUT2D eigenvalue weighted by molar-refractivity contribution is -0.00892. The van der Waals surface area contributed by atoms with Gasteiger partial charge in [-0.2, -0.15) is 0 Å². The fourth-order valence-electron chi connectivity index (χ4n) is 5.69. The van der Waals surface area contributed by atoms with E-state index < -0.39 is 0 Å². The van der Waals surface area contributed by atoms with Crippen LogP contribution in [0.4, 0.5) is 0 Å². The summed E-state index contributed by atoms with van der Waals surface area (Å²) in [6.07, 6.45) is 3.70. The van der Waals surface area contributed by atoms with Crippen LogP contribution < -0.4 is 0 Å². The van der Waals surface area contributed by atoms with Gasteiger partial charge in [-0.25, -0.2) is 4.98 Å². The number of rotatable bonds is 4. The van der Waals surface area contributed by atoms with Gasteiger partial charge in [0.15, 0.2) is 0 Å². The number of nitrogens with zero attached hydrogens (tertiary/aromatic N) is 2. The SMILES string of the molecule is CC(C)c1ccc(-c2nc3c(n2CCO)CC[C@@H]2[C@@H](C)C(O)CC[C@@]32C)cc1. The minimum absolute atomic E-state index is 0.0135. The molecule has 1 heterocycles. The number of hydrogen-bond acceptors (Lipinski definition) is 3. The predicted molar refractivity (Wildman–Crippen MR) is 112 cm³/mol. The lowest BCUT2D eigenvalue weighted by Crippen LogP contribution is -2.48. The molecule has 4 rings (SSSR count). The molecule has 2 aromatic rings. The minimum Gasteiger partial charge on any atom is -0.395 e. The van der Waals surface area contributed by atoms with E-state index in [1.807, 2.05) is 0 Å². The third-order valence-electron chi connectivity index (χ3n) is 7.48. The molecule has 1 unspecified atom stereocenters. The highest BCUT2D eigenvalue weighted by Gasteiger charge is 2.50. The second-order valence-electron chi connectivity index (χ2n) is 9.41. The highest BCUT2D eigenvalue weighted by molar-refractivity contribution is 5.59. The molecule has 4 nitrogen and oxygen atoms in total. The first-order chi connectivity index (χ1) is 13.4. The van der Waals surface area contributed by atoms with Gasteiger partial charge in [0.25, 0.3) is 0 Å². The Morgan fingerprint density at radius 1 is 1.21 bits per heavy atom. The summed E-state index contributed by atoms with van der Waals surface area (Å²) in [4.78, 5) is 5.20. The number of aliphatic hydroxyl groups is 2. The van der Waals surface area contributed by atoms with Gasteiger partial charge in [0, 0.05) is 23.2 Å². The van der Waals surface area contributed by atoms with Crippen molar-refractivity contribution >= 4 is 0 Å². The monoisotopic (exact) mass is 382 g/mol. The molecule has 0 saturated heterocycles. The molecule has 28 heavy (non-hydrogen) atoms. The van der Waals surface area contributed by atoms with E-state index in [1.165, 1.54) is 17.0 Å². The molecule has 1 fully saturated rings. The maximum Gasteiger partial charge on any atom is 0.140 e. The maximum absolute atomic E-state index is 10.4. The molecule has 0 aliphatic heterocycles. The number of aliphatic hydroxyl groups excluding tert-OH is 2. The fraction of sp³-hybridized carbons (Fsp3) is 0.625. The lowest BCUT2D eigenvalue weighted by Gasteiger charge is -2.49. The minimum atomic E-state index is -0.192. The molecule has 0 spiro atoms. The van der Waals surface area contributed by atoms with E-state index in [0.29, 0.717) is 24.3 Å². The first kappa shape index (κ1) is 19.7. The Hall–Kier alpha value is -1.65. The third kappa shape index (κ3) is 3.02. The Balaban J connectivity index is 1.80. The van der Waals surface area contributed by atoms with Crippen molar-refractivity contribution < 1.29 is 10.2 Å². The van der Waals surface area contributed by atoms with Gasteiger partial charge >= 0.3 is 0 Å². The van der Waals surface area contributed by atoms with Crippen molar-refractivity contribution in [1.29, 1.82) is 0 Å². The van der Waals surface area contributed by atoms with Crippen LogP contribution in [0.3, 0.4) is 0 Å². The first-order valence-electron chi connectivity index (χ1n) is 10.9. The van der Waals surface area contributed by atoms with Crippen LogP contribution in [0.15, 0.2) is 24.3 Å². The van der Waals surface area contributed by atoms with E-state index in [4.69, 9.17) is 4.98 Å². The summed E-state index contributed by atoms with van der Waals surface area (Å²) in [7, 11) is 0. The van der Waals surface area contributed by atoms with Gasteiger partial charge in [0.05, 0.1) is 18.4 Å². The number of imidazole rings is 1. The van der Waals surface area contributed by atoms with Crippen molar-refractivity contribution in [3.05, 3.63) is 41.2 Å². The molecule has 0 radical (unpaired) electrons. The van der Waals surface area contributed by atoms with Crippen LogP contribution in [-0.4, -0.2) is 32.5 Å². The van der Waals surface area contributed by atoms with E-state index in [2.05, 4.69) is 56.5 Å². The molecule has 0 amide bonds.